The SMILES string of the molecule is CCOC(=O)c1ccccc1NC(=O)C1(C(=O)N(CC)c2ccccc2)CC1. The molecule has 1 aliphatic rings. The summed E-state index contributed by atoms with van der Waals surface area (Å²) in [6, 6.07) is 16.0. The number of nitrogens with zero attached hydrogens (tertiary/aromatic N) is 1. The van der Waals surface area contributed by atoms with Gasteiger partial charge in [-0.05, 0) is 51.0 Å². The van der Waals surface area contributed by atoms with Crippen molar-refractivity contribution >= 4 is 29.2 Å². The van der Waals surface area contributed by atoms with Crippen LogP contribution in [0.15, 0.2) is 54.6 Å². The van der Waals surface area contributed by atoms with Crippen molar-refractivity contribution < 1.29 is 19.1 Å². The first-order chi connectivity index (χ1) is 13.5. The summed E-state index contributed by atoms with van der Waals surface area (Å²) in [5, 5.41) is 2.78. The molecule has 0 saturated heterocycles. The Morgan fingerprint density at radius 2 is 1.64 bits per heavy atom. The third-order valence-corrected chi connectivity index (χ3v) is 4.89. The highest BCUT2D eigenvalue weighted by molar-refractivity contribution is 6.18. The molecule has 2 aromatic carbocycles. The maximum atomic E-state index is 13.2. The number of carbonyl (C=O) groups is 3. The van der Waals surface area contributed by atoms with Gasteiger partial charge in [-0.3, -0.25) is 9.59 Å². The lowest BCUT2D eigenvalue weighted by atomic mass is 10.0. The van der Waals surface area contributed by atoms with Gasteiger partial charge < -0.3 is 15.0 Å². The fourth-order valence-corrected chi connectivity index (χ4v) is 3.19. The van der Waals surface area contributed by atoms with Crippen molar-refractivity contribution in [3.8, 4) is 0 Å². The maximum Gasteiger partial charge on any atom is 0.340 e. The molecule has 1 N–H and O–H groups in total. The number of anilines is 2. The quantitative estimate of drug-likeness (QED) is 0.588. The van der Waals surface area contributed by atoms with Gasteiger partial charge in [-0.1, -0.05) is 30.3 Å². The van der Waals surface area contributed by atoms with Crippen LogP contribution in [0.5, 0.6) is 0 Å². The van der Waals surface area contributed by atoms with Gasteiger partial charge in [-0.2, -0.15) is 0 Å². The normalized spacial score (nSPS) is 14.1. The van der Waals surface area contributed by atoms with E-state index in [0.717, 1.165) is 5.69 Å². The van der Waals surface area contributed by atoms with Crippen LogP contribution in [-0.2, 0) is 14.3 Å². The number of rotatable bonds is 7. The summed E-state index contributed by atoms with van der Waals surface area (Å²) in [5.41, 5.74) is 0.304. The predicted octanol–water partition coefficient (Wildman–Crippen LogP) is 3.64. The summed E-state index contributed by atoms with van der Waals surface area (Å²) >= 11 is 0. The summed E-state index contributed by atoms with van der Waals surface area (Å²) in [6.07, 6.45) is 0.977. The Balaban J connectivity index is 1.81. The predicted molar refractivity (Wildman–Crippen MR) is 107 cm³/mol. The summed E-state index contributed by atoms with van der Waals surface area (Å²) in [5.74, 6) is -1.11. The molecular formula is C22H24N2O4. The van der Waals surface area contributed by atoms with Gasteiger partial charge in [0.25, 0.3) is 0 Å². The summed E-state index contributed by atoms with van der Waals surface area (Å²) in [4.78, 5) is 40.0. The van der Waals surface area contributed by atoms with Crippen molar-refractivity contribution in [2.75, 3.05) is 23.4 Å². The zero-order valence-corrected chi connectivity index (χ0v) is 16.1. The molecule has 1 fully saturated rings. The van der Waals surface area contributed by atoms with E-state index < -0.39 is 11.4 Å². The van der Waals surface area contributed by atoms with E-state index in [1.54, 1.807) is 36.1 Å². The third kappa shape index (κ3) is 3.76. The topological polar surface area (TPSA) is 75.7 Å². The average Bonchev–Trinajstić information content (AvgIpc) is 3.52. The molecule has 0 radical (unpaired) electrons. The van der Waals surface area contributed by atoms with Crippen LogP contribution in [0.2, 0.25) is 0 Å². The molecule has 1 saturated carbocycles. The first-order valence-electron chi connectivity index (χ1n) is 9.48. The highest BCUT2D eigenvalue weighted by Gasteiger charge is 2.58. The van der Waals surface area contributed by atoms with Crippen LogP contribution in [0.1, 0.15) is 37.0 Å². The number of hydrogen-bond donors (Lipinski definition) is 1. The summed E-state index contributed by atoms with van der Waals surface area (Å²) in [7, 11) is 0. The number of carbonyl (C=O) groups excluding carboxylic acids is 3. The molecule has 2 aromatic rings. The highest BCUT2D eigenvalue weighted by atomic mass is 16.5. The van der Waals surface area contributed by atoms with Gasteiger partial charge in [0.15, 0.2) is 0 Å². The van der Waals surface area contributed by atoms with Gasteiger partial charge >= 0.3 is 5.97 Å². The minimum absolute atomic E-state index is 0.215. The average molecular weight is 380 g/mol. The molecule has 1 aliphatic carbocycles. The number of ether oxygens (including phenoxy) is 1. The Morgan fingerprint density at radius 3 is 2.25 bits per heavy atom. The van der Waals surface area contributed by atoms with Crippen LogP contribution in [0.25, 0.3) is 0 Å². The van der Waals surface area contributed by atoms with Crippen LogP contribution in [0.3, 0.4) is 0 Å². The molecule has 0 aliphatic heterocycles. The van der Waals surface area contributed by atoms with E-state index in [1.807, 2.05) is 37.3 Å². The Kier molecular flexibility index (Phi) is 5.78. The van der Waals surface area contributed by atoms with Gasteiger partial charge in [0.2, 0.25) is 11.8 Å². The third-order valence-electron chi connectivity index (χ3n) is 4.89. The molecule has 0 spiro atoms. The number of esters is 1. The first kappa shape index (κ1) is 19.6. The van der Waals surface area contributed by atoms with Crippen molar-refractivity contribution in [1.29, 1.82) is 0 Å². The van der Waals surface area contributed by atoms with Gasteiger partial charge in [0.1, 0.15) is 5.41 Å². The van der Waals surface area contributed by atoms with E-state index in [0.29, 0.717) is 25.1 Å². The van der Waals surface area contributed by atoms with Crippen LogP contribution >= 0.6 is 0 Å². The number of amides is 2. The van der Waals surface area contributed by atoms with E-state index in [2.05, 4.69) is 5.32 Å². The van der Waals surface area contributed by atoms with Crippen molar-refractivity contribution in [3.05, 3.63) is 60.2 Å². The second-order valence-corrected chi connectivity index (χ2v) is 6.69. The lowest BCUT2D eigenvalue weighted by molar-refractivity contribution is -0.132. The van der Waals surface area contributed by atoms with Crippen molar-refractivity contribution in [1.82, 2.24) is 0 Å². The van der Waals surface area contributed by atoms with E-state index in [9.17, 15) is 14.4 Å². The number of para-hydroxylation sites is 2. The molecule has 0 aromatic heterocycles. The van der Waals surface area contributed by atoms with Crippen molar-refractivity contribution in [2.45, 2.75) is 26.7 Å². The van der Waals surface area contributed by atoms with Gasteiger partial charge in [-0.15, -0.1) is 0 Å². The molecule has 28 heavy (non-hydrogen) atoms. The molecule has 6 nitrogen and oxygen atoms in total. The number of nitrogens with one attached hydrogen (secondary N) is 1. The van der Waals surface area contributed by atoms with E-state index >= 15 is 0 Å². The monoisotopic (exact) mass is 380 g/mol. The smallest absolute Gasteiger partial charge is 0.340 e. The Hall–Kier alpha value is -3.15. The van der Waals surface area contributed by atoms with Crippen LogP contribution in [0, 0.1) is 5.41 Å². The zero-order valence-electron chi connectivity index (χ0n) is 16.1. The Labute approximate surface area is 164 Å². The van der Waals surface area contributed by atoms with E-state index in [1.165, 1.54) is 0 Å². The Bertz CT molecular complexity index is 875. The summed E-state index contributed by atoms with van der Waals surface area (Å²) < 4.78 is 5.05. The minimum atomic E-state index is -1.09. The lowest BCUT2D eigenvalue weighted by Gasteiger charge is -2.26. The second kappa shape index (κ2) is 8.25. The van der Waals surface area contributed by atoms with Crippen molar-refractivity contribution in [2.24, 2.45) is 5.41 Å². The summed E-state index contributed by atoms with van der Waals surface area (Å²) in [6.45, 7) is 4.32. The largest absolute Gasteiger partial charge is 0.462 e. The van der Waals surface area contributed by atoms with E-state index in [4.69, 9.17) is 4.74 Å². The van der Waals surface area contributed by atoms with Crippen LogP contribution in [0.4, 0.5) is 11.4 Å². The van der Waals surface area contributed by atoms with Crippen LogP contribution in [-0.4, -0.2) is 30.9 Å². The molecule has 2 amide bonds. The minimum Gasteiger partial charge on any atom is -0.462 e. The lowest BCUT2D eigenvalue weighted by Crippen LogP contribution is -2.43. The Morgan fingerprint density at radius 1 is 1.00 bits per heavy atom. The molecule has 3 rings (SSSR count). The number of hydrogen-bond acceptors (Lipinski definition) is 4. The molecule has 0 atom stereocenters. The molecular weight excluding hydrogens is 356 g/mol. The van der Waals surface area contributed by atoms with Gasteiger partial charge in [-0.25, -0.2) is 4.79 Å². The van der Waals surface area contributed by atoms with Crippen molar-refractivity contribution in [3.63, 3.8) is 0 Å². The highest BCUT2D eigenvalue weighted by Crippen LogP contribution is 2.49. The molecule has 6 heteroatoms. The second-order valence-electron chi connectivity index (χ2n) is 6.69. The number of benzene rings is 2. The van der Waals surface area contributed by atoms with Crippen LogP contribution < -0.4 is 10.2 Å². The fraction of sp³-hybridized carbons (Fsp3) is 0.318. The molecule has 146 valence electrons. The van der Waals surface area contributed by atoms with E-state index in [-0.39, 0.29) is 24.0 Å². The molecule has 0 heterocycles. The zero-order chi connectivity index (χ0) is 20.1. The standard InChI is InChI=1S/C22H24N2O4/c1-3-24(16-10-6-5-7-11-16)21(27)22(14-15-22)20(26)23-18-13-9-8-12-17(18)19(25)28-4-2/h5-13H,3-4,14-15H2,1-2H3,(H,23,26). The van der Waals surface area contributed by atoms with Gasteiger partial charge in [0, 0.05) is 12.2 Å². The first-order valence-corrected chi connectivity index (χ1v) is 9.48. The maximum absolute atomic E-state index is 13.2. The molecule has 0 unspecified atom stereocenters. The fourth-order valence-electron chi connectivity index (χ4n) is 3.19. The molecule has 0 bridgehead atoms. The van der Waals surface area contributed by atoms with Gasteiger partial charge in [0.05, 0.1) is 17.9 Å².